The van der Waals surface area contributed by atoms with Gasteiger partial charge < -0.3 is 20.2 Å². The Hall–Kier alpha value is -1.30. The van der Waals surface area contributed by atoms with Crippen LogP contribution in [0.5, 0.6) is 0 Å². The fourth-order valence-corrected chi connectivity index (χ4v) is 2.58. The molecular formula is C14H27N3O3. The van der Waals surface area contributed by atoms with E-state index in [9.17, 15) is 9.59 Å². The minimum absolute atomic E-state index is 0.133. The normalized spacial score (nSPS) is 22.0. The summed E-state index contributed by atoms with van der Waals surface area (Å²) in [5, 5.41) is 12.0. The molecule has 1 rings (SSSR count). The van der Waals surface area contributed by atoms with Gasteiger partial charge in [0, 0.05) is 25.7 Å². The molecule has 0 heterocycles. The molecule has 2 amide bonds. The molecule has 1 fully saturated rings. The number of aliphatic carboxylic acids is 1. The maximum absolute atomic E-state index is 12.3. The number of carboxylic acid groups (broad SMARTS) is 1. The third-order valence-corrected chi connectivity index (χ3v) is 3.74. The summed E-state index contributed by atoms with van der Waals surface area (Å²) in [4.78, 5) is 27.2. The van der Waals surface area contributed by atoms with Crippen molar-refractivity contribution in [2.45, 2.75) is 38.6 Å². The van der Waals surface area contributed by atoms with Gasteiger partial charge in [-0.25, -0.2) is 4.79 Å². The Morgan fingerprint density at radius 3 is 2.45 bits per heavy atom. The summed E-state index contributed by atoms with van der Waals surface area (Å²) in [6.45, 7) is 4.20. The lowest BCUT2D eigenvalue weighted by Gasteiger charge is -2.27. The first kappa shape index (κ1) is 16.8. The minimum atomic E-state index is -0.803. The number of amides is 2. The number of likely N-dealkylation sites (N-methyl/N-ethyl adjacent to an activating group) is 1. The van der Waals surface area contributed by atoms with Crippen LogP contribution in [-0.2, 0) is 4.79 Å². The van der Waals surface area contributed by atoms with Gasteiger partial charge in [-0.1, -0.05) is 13.3 Å². The second kappa shape index (κ2) is 8.09. The van der Waals surface area contributed by atoms with Crippen molar-refractivity contribution in [3.63, 3.8) is 0 Å². The Kier molecular flexibility index (Phi) is 6.78. The fourth-order valence-electron chi connectivity index (χ4n) is 2.58. The third kappa shape index (κ3) is 5.00. The Labute approximate surface area is 121 Å². The summed E-state index contributed by atoms with van der Waals surface area (Å²) in [6.07, 6.45) is 3.18. The standard InChI is InChI=1S/C14H27N3O3/c1-4-8-17(10-9-16(2)3)14(20)15-12-7-5-6-11(12)13(18)19/h11-12H,4-10H2,1-3H3,(H,15,20)(H,18,19). The third-order valence-electron chi connectivity index (χ3n) is 3.74. The highest BCUT2D eigenvalue weighted by Gasteiger charge is 2.34. The van der Waals surface area contributed by atoms with E-state index in [1.54, 1.807) is 4.90 Å². The number of urea groups is 1. The summed E-state index contributed by atoms with van der Waals surface area (Å²) < 4.78 is 0. The molecule has 0 aromatic heterocycles. The van der Waals surface area contributed by atoms with E-state index in [4.69, 9.17) is 5.11 Å². The van der Waals surface area contributed by atoms with Crippen molar-refractivity contribution in [2.24, 2.45) is 5.92 Å². The van der Waals surface area contributed by atoms with Crippen LogP contribution in [0.15, 0.2) is 0 Å². The molecule has 2 unspecified atom stereocenters. The van der Waals surface area contributed by atoms with Crippen molar-refractivity contribution in [3.05, 3.63) is 0 Å². The maximum atomic E-state index is 12.3. The highest BCUT2D eigenvalue weighted by molar-refractivity contribution is 5.77. The highest BCUT2D eigenvalue weighted by Crippen LogP contribution is 2.25. The molecule has 0 spiro atoms. The van der Waals surface area contributed by atoms with Gasteiger partial charge in [-0.05, 0) is 33.4 Å². The average molecular weight is 285 g/mol. The number of nitrogens with zero attached hydrogens (tertiary/aromatic N) is 2. The molecule has 2 N–H and O–H groups in total. The Balaban J connectivity index is 2.54. The van der Waals surface area contributed by atoms with Gasteiger partial charge in [0.05, 0.1) is 5.92 Å². The number of nitrogens with one attached hydrogen (secondary N) is 1. The highest BCUT2D eigenvalue weighted by atomic mass is 16.4. The molecule has 0 aliphatic heterocycles. The SMILES string of the molecule is CCCN(CCN(C)C)C(=O)NC1CCCC1C(=O)O. The van der Waals surface area contributed by atoms with Gasteiger partial charge in [-0.15, -0.1) is 0 Å². The second-order valence-corrected chi connectivity index (χ2v) is 5.72. The molecule has 0 aromatic carbocycles. The molecule has 1 aliphatic carbocycles. The van der Waals surface area contributed by atoms with Crippen LogP contribution in [0.25, 0.3) is 0 Å². The zero-order chi connectivity index (χ0) is 15.1. The van der Waals surface area contributed by atoms with Crippen LogP contribution >= 0.6 is 0 Å². The lowest BCUT2D eigenvalue weighted by molar-refractivity contribution is -0.142. The monoisotopic (exact) mass is 285 g/mol. The van der Waals surface area contributed by atoms with Crippen LogP contribution in [0.1, 0.15) is 32.6 Å². The molecule has 1 aliphatic rings. The molecule has 0 saturated heterocycles. The zero-order valence-electron chi connectivity index (χ0n) is 12.8. The van der Waals surface area contributed by atoms with E-state index in [0.29, 0.717) is 19.5 Å². The van der Waals surface area contributed by atoms with E-state index in [1.165, 1.54) is 0 Å². The van der Waals surface area contributed by atoms with Gasteiger partial charge in [0.25, 0.3) is 0 Å². The van der Waals surface area contributed by atoms with Crippen molar-refractivity contribution in [3.8, 4) is 0 Å². The minimum Gasteiger partial charge on any atom is -0.481 e. The molecule has 0 aromatic rings. The van der Waals surface area contributed by atoms with Crippen molar-refractivity contribution in [1.29, 1.82) is 0 Å². The fraction of sp³-hybridized carbons (Fsp3) is 0.857. The zero-order valence-corrected chi connectivity index (χ0v) is 12.8. The van der Waals surface area contributed by atoms with Crippen LogP contribution in [0.2, 0.25) is 0 Å². The lowest BCUT2D eigenvalue weighted by Crippen LogP contribution is -2.49. The molecule has 6 nitrogen and oxygen atoms in total. The van der Waals surface area contributed by atoms with Gasteiger partial charge in [-0.2, -0.15) is 0 Å². The number of carbonyl (C=O) groups is 2. The summed E-state index contributed by atoms with van der Waals surface area (Å²) in [7, 11) is 3.94. The predicted octanol–water partition coefficient (Wildman–Crippen LogP) is 1.22. The lowest BCUT2D eigenvalue weighted by atomic mass is 10.0. The molecular weight excluding hydrogens is 258 g/mol. The van der Waals surface area contributed by atoms with Crippen LogP contribution in [-0.4, -0.2) is 66.7 Å². The first-order chi connectivity index (χ1) is 9.45. The topological polar surface area (TPSA) is 72.9 Å². The first-order valence-corrected chi connectivity index (χ1v) is 7.38. The molecule has 0 bridgehead atoms. The number of rotatable bonds is 7. The van der Waals surface area contributed by atoms with E-state index in [2.05, 4.69) is 5.32 Å². The number of carbonyl (C=O) groups excluding carboxylic acids is 1. The van der Waals surface area contributed by atoms with Crippen LogP contribution < -0.4 is 5.32 Å². The van der Waals surface area contributed by atoms with E-state index >= 15 is 0 Å². The van der Waals surface area contributed by atoms with Crippen molar-refractivity contribution in [2.75, 3.05) is 33.7 Å². The average Bonchev–Trinajstić information content (AvgIpc) is 2.82. The van der Waals surface area contributed by atoms with Crippen LogP contribution in [0.4, 0.5) is 4.79 Å². The van der Waals surface area contributed by atoms with Crippen molar-refractivity contribution in [1.82, 2.24) is 15.1 Å². The van der Waals surface area contributed by atoms with E-state index in [0.717, 1.165) is 25.8 Å². The molecule has 1 saturated carbocycles. The maximum Gasteiger partial charge on any atom is 0.317 e. The van der Waals surface area contributed by atoms with E-state index < -0.39 is 11.9 Å². The van der Waals surface area contributed by atoms with Gasteiger partial charge in [-0.3, -0.25) is 4.79 Å². The summed E-state index contributed by atoms with van der Waals surface area (Å²) in [5.41, 5.74) is 0. The largest absolute Gasteiger partial charge is 0.481 e. The van der Waals surface area contributed by atoms with Crippen molar-refractivity contribution < 1.29 is 14.7 Å². The smallest absolute Gasteiger partial charge is 0.317 e. The molecule has 116 valence electrons. The number of hydrogen-bond donors (Lipinski definition) is 2. The van der Waals surface area contributed by atoms with Crippen molar-refractivity contribution >= 4 is 12.0 Å². The predicted molar refractivity (Wildman–Crippen MR) is 77.7 cm³/mol. The van der Waals surface area contributed by atoms with Gasteiger partial charge >= 0.3 is 12.0 Å². The molecule has 20 heavy (non-hydrogen) atoms. The van der Waals surface area contributed by atoms with Gasteiger partial charge in [0.2, 0.25) is 0 Å². The first-order valence-electron chi connectivity index (χ1n) is 7.38. The Morgan fingerprint density at radius 1 is 1.20 bits per heavy atom. The summed E-state index contributed by atoms with van der Waals surface area (Å²) in [6, 6.07) is -0.356. The Morgan fingerprint density at radius 2 is 1.90 bits per heavy atom. The number of carboxylic acids is 1. The van der Waals surface area contributed by atoms with Gasteiger partial charge in [0.15, 0.2) is 0 Å². The van der Waals surface area contributed by atoms with Crippen LogP contribution in [0, 0.1) is 5.92 Å². The molecule has 6 heteroatoms. The Bertz CT molecular complexity index is 334. The van der Waals surface area contributed by atoms with E-state index in [-0.39, 0.29) is 12.1 Å². The molecule has 2 atom stereocenters. The summed E-state index contributed by atoms with van der Waals surface area (Å²) >= 11 is 0. The summed E-state index contributed by atoms with van der Waals surface area (Å²) in [5.74, 6) is -1.24. The molecule has 0 radical (unpaired) electrons. The quantitative estimate of drug-likeness (QED) is 0.738. The van der Waals surface area contributed by atoms with Crippen LogP contribution in [0.3, 0.4) is 0 Å². The van der Waals surface area contributed by atoms with E-state index in [1.807, 2.05) is 25.9 Å². The second-order valence-electron chi connectivity index (χ2n) is 5.72. The van der Waals surface area contributed by atoms with Gasteiger partial charge in [0.1, 0.15) is 0 Å². The number of hydrogen-bond acceptors (Lipinski definition) is 3.